The molecule has 7 heteroatoms. The lowest BCUT2D eigenvalue weighted by Crippen LogP contribution is -2.52. The number of rotatable bonds is 9. The molecule has 0 aliphatic heterocycles. The van der Waals surface area contributed by atoms with Gasteiger partial charge in [0.1, 0.15) is 11.8 Å². The molecule has 0 heterocycles. The molecule has 5 nitrogen and oxygen atoms in total. The summed E-state index contributed by atoms with van der Waals surface area (Å²) in [6, 6.07) is 12.6. The second-order valence-electron chi connectivity index (χ2n) is 10.2. The number of carbonyl (C=O) groups excluding carboxylic acids is 2. The van der Waals surface area contributed by atoms with Gasteiger partial charge in [-0.2, -0.15) is 0 Å². The Bertz CT molecular complexity index is 1030. The van der Waals surface area contributed by atoms with E-state index < -0.39 is 6.04 Å². The van der Waals surface area contributed by atoms with Crippen LogP contribution in [-0.2, 0) is 21.5 Å². The Balaban J connectivity index is 1.82. The van der Waals surface area contributed by atoms with Gasteiger partial charge in [0.15, 0.2) is 6.61 Å². The van der Waals surface area contributed by atoms with E-state index in [2.05, 4.69) is 26.1 Å². The molecule has 0 unspecified atom stereocenters. The molecule has 2 amide bonds. The molecular weight excluding hydrogens is 483 g/mol. The Morgan fingerprint density at radius 2 is 1.77 bits per heavy atom. The van der Waals surface area contributed by atoms with Gasteiger partial charge in [-0.05, 0) is 54.0 Å². The number of ether oxygens (including phenoxy) is 1. The molecule has 0 spiro atoms. The fourth-order valence-corrected chi connectivity index (χ4v) is 4.88. The fraction of sp³-hybridized carbons (Fsp3) is 0.500. The number of hydrogen-bond donors (Lipinski definition) is 1. The Morgan fingerprint density at radius 3 is 2.40 bits per heavy atom. The van der Waals surface area contributed by atoms with E-state index in [9.17, 15) is 9.59 Å². The van der Waals surface area contributed by atoms with Crippen LogP contribution in [0.5, 0.6) is 5.75 Å². The van der Waals surface area contributed by atoms with Gasteiger partial charge >= 0.3 is 0 Å². The Kier molecular flexibility index (Phi) is 9.48. The zero-order valence-corrected chi connectivity index (χ0v) is 22.6. The molecule has 0 bridgehead atoms. The van der Waals surface area contributed by atoms with Crippen molar-refractivity contribution in [3.63, 3.8) is 0 Å². The van der Waals surface area contributed by atoms with Crippen molar-refractivity contribution in [2.24, 2.45) is 0 Å². The molecule has 1 fully saturated rings. The van der Waals surface area contributed by atoms with E-state index in [-0.39, 0.29) is 36.4 Å². The minimum absolute atomic E-state index is 0.122. The van der Waals surface area contributed by atoms with Crippen LogP contribution in [-0.4, -0.2) is 35.4 Å². The van der Waals surface area contributed by atoms with Crippen LogP contribution in [0.1, 0.15) is 70.9 Å². The van der Waals surface area contributed by atoms with Crippen molar-refractivity contribution in [1.29, 1.82) is 0 Å². The largest absolute Gasteiger partial charge is 0.483 e. The highest BCUT2D eigenvalue weighted by Crippen LogP contribution is 2.31. The summed E-state index contributed by atoms with van der Waals surface area (Å²) in [4.78, 5) is 28.4. The standard InChI is InChI=1S/C28H36Cl2N2O3/c1-5-24(27(34)31-20-10-6-7-11-20)32(17-19-14-15-22(29)23(30)16-19)26(33)18-35-25-13-9-8-12-21(25)28(2,3)4/h8-9,12-16,20,24H,5-7,10-11,17-18H2,1-4H3,(H,31,34)/t24-/m1/s1. The van der Waals surface area contributed by atoms with Gasteiger partial charge in [0, 0.05) is 12.6 Å². The van der Waals surface area contributed by atoms with Crippen LogP contribution in [0.4, 0.5) is 0 Å². The van der Waals surface area contributed by atoms with E-state index in [1.165, 1.54) is 0 Å². The number of nitrogens with one attached hydrogen (secondary N) is 1. The first-order valence-electron chi connectivity index (χ1n) is 12.4. The molecule has 3 rings (SSSR count). The SMILES string of the molecule is CC[C@H](C(=O)NC1CCCC1)N(Cc1ccc(Cl)c(Cl)c1)C(=O)COc1ccccc1C(C)(C)C. The third kappa shape index (κ3) is 7.37. The van der Waals surface area contributed by atoms with Crippen LogP contribution < -0.4 is 10.1 Å². The van der Waals surface area contributed by atoms with Crippen LogP contribution in [0, 0.1) is 0 Å². The number of hydrogen-bond acceptors (Lipinski definition) is 3. The molecular formula is C28H36Cl2N2O3. The van der Waals surface area contributed by atoms with Crippen molar-refractivity contribution >= 4 is 35.0 Å². The first-order chi connectivity index (χ1) is 16.6. The average molecular weight is 520 g/mol. The molecule has 1 atom stereocenters. The van der Waals surface area contributed by atoms with Crippen LogP contribution in [0.15, 0.2) is 42.5 Å². The van der Waals surface area contributed by atoms with Crippen LogP contribution in [0.3, 0.4) is 0 Å². The predicted octanol–water partition coefficient (Wildman–Crippen LogP) is 6.54. The summed E-state index contributed by atoms with van der Waals surface area (Å²) in [5.74, 6) is 0.294. The Labute approximate surface area is 219 Å². The number of para-hydroxylation sites is 1. The van der Waals surface area contributed by atoms with Crippen LogP contribution in [0.2, 0.25) is 10.0 Å². The van der Waals surface area contributed by atoms with Crippen LogP contribution in [0.25, 0.3) is 0 Å². The summed E-state index contributed by atoms with van der Waals surface area (Å²) in [7, 11) is 0. The summed E-state index contributed by atoms with van der Waals surface area (Å²) >= 11 is 12.3. The maximum atomic E-state index is 13.5. The lowest BCUT2D eigenvalue weighted by Gasteiger charge is -2.32. The Hall–Kier alpha value is -2.24. The molecule has 190 valence electrons. The zero-order valence-electron chi connectivity index (χ0n) is 21.1. The summed E-state index contributed by atoms with van der Waals surface area (Å²) < 4.78 is 6.02. The van der Waals surface area contributed by atoms with E-state index in [1.54, 1.807) is 17.0 Å². The third-order valence-corrected chi connectivity index (χ3v) is 7.21. The second-order valence-corrected chi connectivity index (χ2v) is 11.0. The molecule has 0 saturated heterocycles. The number of carbonyl (C=O) groups is 2. The van der Waals surface area contributed by atoms with E-state index in [1.807, 2.05) is 37.3 Å². The van der Waals surface area contributed by atoms with Crippen molar-refractivity contribution in [3.05, 3.63) is 63.6 Å². The van der Waals surface area contributed by atoms with Gasteiger partial charge in [0.25, 0.3) is 5.91 Å². The van der Waals surface area contributed by atoms with E-state index in [0.717, 1.165) is 36.8 Å². The van der Waals surface area contributed by atoms with Crippen molar-refractivity contribution in [2.45, 2.75) is 83.8 Å². The predicted molar refractivity (Wildman–Crippen MR) is 142 cm³/mol. The van der Waals surface area contributed by atoms with Crippen molar-refractivity contribution in [2.75, 3.05) is 6.61 Å². The summed E-state index contributed by atoms with van der Waals surface area (Å²) in [5, 5.41) is 4.01. The highest BCUT2D eigenvalue weighted by atomic mass is 35.5. The van der Waals surface area contributed by atoms with Gasteiger partial charge < -0.3 is 15.0 Å². The molecule has 0 radical (unpaired) electrons. The maximum Gasteiger partial charge on any atom is 0.261 e. The van der Waals surface area contributed by atoms with Gasteiger partial charge in [-0.1, -0.05) is 88.0 Å². The van der Waals surface area contributed by atoms with Crippen molar-refractivity contribution in [1.82, 2.24) is 10.2 Å². The summed E-state index contributed by atoms with van der Waals surface area (Å²) in [6.45, 7) is 8.30. The average Bonchev–Trinajstić information content (AvgIpc) is 3.32. The molecule has 35 heavy (non-hydrogen) atoms. The molecule has 2 aromatic rings. The number of halogens is 2. The maximum absolute atomic E-state index is 13.5. The molecule has 1 saturated carbocycles. The summed E-state index contributed by atoms with van der Waals surface area (Å²) in [6.07, 6.45) is 4.69. The highest BCUT2D eigenvalue weighted by Gasteiger charge is 2.31. The summed E-state index contributed by atoms with van der Waals surface area (Å²) in [5.41, 5.74) is 1.69. The van der Waals surface area contributed by atoms with Crippen molar-refractivity contribution in [3.8, 4) is 5.75 Å². The first kappa shape index (κ1) is 27.3. The van der Waals surface area contributed by atoms with Gasteiger partial charge in [-0.3, -0.25) is 9.59 Å². The quantitative estimate of drug-likeness (QED) is 0.410. The van der Waals surface area contributed by atoms with Gasteiger partial charge in [0.05, 0.1) is 10.0 Å². The minimum Gasteiger partial charge on any atom is -0.483 e. The molecule has 1 aliphatic rings. The lowest BCUT2D eigenvalue weighted by molar-refractivity contribution is -0.143. The van der Waals surface area contributed by atoms with Gasteiger partial charge in [-0.15, -0.1) is 0 Å². The monoisotopic (exact) mass is 518 g/mol. The van der Waals surface area contributed by atoms with E-state index in [4.69, 9.17) is 27.9 Å². The zero-order chi connectivity index (χ0) is 25.6. The van der Waals surface area contributed by atoms with Crippen LogP contribution >= 0.6 is 23.2 Å². The normalized spacial score (nSPS) is 15.0. The molecule has 0 aromatic heterocycles. The topological polar surface area (TPSA) is 58.6 Å². The van der Waals surface area contributed by atoms with E-state index in [0.29, 0.717) is 22.2 Å². The Morgan fingerprint density at radius 1 is 1.09 bits per heavy atom. The first-order valence-corrected chi connectivity index (χ1v) is 13.1. The molecule has 1 aliphatic carbocycles. The fourth-order valence-electron chi connectivity index (χ4n) is 4.56. The minimum atomic E-state index is -0.612. The second kappa shape index (κ2) is 12.1. The molecule has 2 aromatic carbocycles. The van der Waals surface area contributed by atoms with E-state index >= 15 is 0 Å². The molecule has 1 N–H and O–H groups in total. The number of amides is 2. The third-order valence-electron chi connectivity index (χ3n) is 6.47. The lowest BCUT2D eigenvalue weighted by atomic mass is 9.86. The van der Waals surface area contributed by atoms with Gasteiger partial charge in [-0.25, -0.2) is 0 Å². The number of benzene rings is 2. The van der Waals surface area contributed by atoms with Gasteiger partial charge in [0.2, 0.25) is 5.91 Å². The highest BCUT2D eigenvalue weighted by molar-refractivity contribution is 6.42. The van der Waals surface area contributed by atoms with Crippen molar-refractivity contribution < 1.29 is 14.3 Å². The smallest absolute Gasteiger partial charge is 0.261 e. The number of nitrogens with zero attached hydrogens (tertiary/aromatic N) is 1.